The van der Waals surface area contributed by atoms with Gasteiger partial charge in [-0.05, 0) is 96.4 Å². The molecule has 2 aliphatic rings. The minimum Gasteiger partial charge on any atom is -0.203 e. The second-order valence-electron chi connectivity index (χ2n) is 9.43. The van der Waals surface area contributed by atoms with E-state index in [-0.39, 0.29) is 0 Å². The fraction of sp³-hybridized carbons (Fsp3) is 0.760. The van der Waals surface area contributed by atoms with Crippen molar-refractivity contribution < 1.29 is 8.78 Å². The molecule has 0 N–H and O–H groups in total. The van der Waals surface area contributed by atoms with Gasteiger partial charge in [-0.25, -0.2) is 8.78 Å². The normalized spacial score (nSPS) is 28.4. The standard InChI is InChI=1S/C25H37F2I/c1-2-5-18-8-12-20(13-9-18)21-14-10-19(11-15-21)6-3-4-7-22-16-17-23(28)25(27)24(22)26/h16-21H,2-15H2,1H3/t18-,19-,20-,21-. The molecule has 0 nitrogen and oxygen atoms in total. The highest BCUT2D eigenvalue weighted by molar-refractivity contribution is 14.1. The quantitative estimate of drug-likeness (QED) is 0.190. The van der Waals surface area contributed by atoms with Gasteiger partial charge < -0.3 is 0 Å². The Balaban J connectivity index is 1.31. The van der Waals surface area contributed by atoms with Crippen molar-refractivity contribution in [3.05, 3.63) is 32.9 Å². The number of hydrogen-bond acceptors (Lipinski definition) is 0. The Bertz CT molecular complexity index is 599. The highest BCUT2D eigenvalue weighted by Gasteiger charge is 2.30. The van der Waals surface area contributed by atoms with Crippen molar-refractivity contribution in [3.8, 4) is 0 Å². The third-order valence-corrected chi connectivity index (χ3v) is 8.40. The zero-order valence-corrected chi connectivity index (χ0v) is 19.7. The molecular formula is C25H37F2I. The van der Waals surface area contributed by atoms with Crippen LogP contribution in [0.1, 0.15) is 96.0 Å². The molecule has 0 heterocycles. The van der Waals surface area contributed by atoms with Crippen molar-refractivity contribution in [1.82, 2.24) is 0 Å². The minimum absolute atomic E-state index is 0.370. The molecule has 0 bridgehead atoms. The van der Waals surface area contributed by atoms with E-state index in [1.807, 2.05) is 22.6 Å². The fourth-order valence-electron chi connectivity index (χ4n) is 5.81. The monoisotopic (exact) mass is 502 g/mol. The van der Waals surface area contributed by atoms with E-state index in [4.69, 9.17) is 0 Å². The van der Waals surface area contributed by atoms with Gasteiger partial charge in [0.05, 0.1) is 3.57 Å². The summed E-state index contributed by atoms with van der Waals surface area (Å²) in [6, 6.07) is 3.44. The lowest BCUT2D eigenvalue weighted by Crippen LogP contribution is -2.25. The molecule has 2 aliphatic carbocycles. The lowest BCUT2D eigenvalue weighted by molar-refractivity contribution is 0.140. The molecule has 0 spiro atoms. The van der Waals surface area contributed by atoms with Crippen LogP contribution in [0.3, 0.4) is 0 Å². The van der Waals surface area contributed by atoms with Crippen LogP contribution >= 0.6 is 22.6 Å². The number of rotatable bonds is 8. The van der Waals surface area contributed by atoms with E-state index in [1.54, 1.807) is 12.1 Å². The molecule has 2 fully saturated rings. The molecule has 0 radical (unpaired) electrons. The van der Waals surface area contributed by atoms with Crippen molar-refractivity contribution in [3.63, 3.8) is 0 Å². The van der Waals surface area contributed by atoms with Crippen LogP contribution < -0.4 is 0 Å². The van der Waals surface area contributed by atoms with Gasteiger partial charge in [-0.3, -0.25) is 0 Å². The molecule has 0 aromatic heterocycles. The van der Waals surface area contributed by atoms with Gasteiger partial charge >= 0.3 is 0 Å². The van der Waals surface area contributed by atoms with Crippen LogP contribution in [-0.2, 0) is 6.42 Å². The second-order valence-corrected chi connectivity index (χ2v) is 10.6. The maximum Gasteiger partial charge on any atom is 0.172 e. The summed E-state index contributed by atoms with van der Waals surface area (Å²) in [7, 11) is 0. The second kappa shape index (κ2) is 11.3. The van der Waals surface area contributed by atoms with Gasteiger partial charge in [0.25, 0.3) is 0 Å². The van der Waals surface area contributed by atoms with Crippen molar-refractivity contribution >= 4 is 22.6 Å². The summed E-state index contributed by atoms with van der Waals surface area (Å²) in [6.45, 7) is 2.32. The van der Waals surface area contributed by atoms with Gasteiger partial charge in [0.1, 0.15) is 0 Å². The van der Waals surface area contributed by atoms with Gasteiger partial charge in [0, 0.05) is 0 Å². The van der Waals surface area contributed by atoms with Crippen molar-refractivity contribution in [2.75, 3.05) is 0 Å². The lowest BCUT2D eigenvalue weighted by atomic mass is 9.68. The van der Waals surface area contributed by atoms with Crippen LogP contribution in [0.15, 0.2) is 12.1 Å². The third kappa shape index (κ3) is 6.15. The molecule has 28 heavy (non-hydrogen) atoms. The predicted molar refractivity (Wildman–Crippen MR) is 122 cm³/mol. The van der Waals surface area contributed by atoms with Crippen LogP contribution in [0.4, 0.5) is 8.78 Å². The molecule has 0 aliphatic heterocycles. The van der Waals surface area contributed by atoms with Gasteiger partial charge in [0.15, 0.2) is 11.6 Å². The predicted octanol–water partition coefficient (Wildman–Crippen LogP) is 8.70. The van der Waals surface area contributed by atoms with E-state index in [0.29, 0.717) is 15.6 Å². The first-order valence-electron chi connectivity index (χ1n) is 11.7. The molecule has 3 heteroatoms. The van der Waals surface area contributed by atoms with E-state index >= 15 is 0 Å². The van der Waals surface area contributed by atoms with Crippen LogP contribution in [0.2, 0.25) is 0 Å². The molecule has 1 aromatic rings. The molecule has 0 unspecified atom stereocenters. The summed E-state index contributed by atoms with van der Waals surface area (Å²) in [6.07, 6.45) is 18.4. The molecule has 0 saturated heterocycles. The van der Waals surface area contributed by atoms with Gasteiger partial charge in [-0.15, -0.1) is 0 Å². The van der Waals surface area contributed by atoms with Crippen LogP contribution in [0.5, 0.6) is 0 Å². The van der Waals surface area contributed by atoms with Crippen molar-refractivity contribution in [1.29, 1.82) is 0 Å². The van der Waals surface area contributed by atoms with Gasteiger partial charge in [-0.1, -0.05) is 64.4 Å². The smallest absolute Gasteiger partial charge is 0.172 e. The molecule has 3 rings (SSSR count). The maximum atomic E-state index is 14.0. The molecule has 0 atom stereocenters. The van der Waals surface area contributed by atoms with Crippen LogP contribution in [0, 0.1) is 38.9 Å². The SMILES string of the molecule is CCC[C@H]1CC[C@H]([C@H]2CC[C@H](CCCCc3ccc(I)c(F)c3F)CC2)CC1. The average molecular weight is 502 g/mol. The lowest BCUT2D eigenvalue weighted by Gasteiger charge is -2.38. The van der Waals surface area contributed by atoms with Crippen LogP contribution in [0.25, 0.3) is 0 Å². The van der Waals surface area contributed by atoms with E-state index in [9.17, 15) is 8.78 Å². The minimum atomic E-state index is -0.680. The Morgan fingerprint density at radius 1 is 0.786 bits per heavy atom. The highest BCUT2D eigenvalue weighted by atomic mass is 127. The number of unbranched alkanes of at least 4 members (excludes halogenated alkanes) is 1. The van der Waals surface area contributed by atoms with Crippen molar-refractivity contribution in [2.45, 2.75) is 96.8 Å². The number of hydrogen-bond donors (Lipinski definition) is 0. The Hall–Kier alpha value is -0.190. The largest absolute Gasteiger partial charge is 0.203 e. The molecular weight excluding hydrogens is 465 g/mol. The summed E-state index contributed by atoms with van der Waals surface area (Å²) in [4.78, 5) is 0. The summed E-state index contributed by atoms with van der Waals surface area (Å²) in [5, 5.41) is 0. The molecule has 1 aromatic carbocycles. The van der Waals surface area contributed by atoms with E-state index in [2.05, 4.69) is 6.92 Å². The average Bonchev–Trinajstić information content (AvgIpc) is 2.72. The number of halogens is 3. The topological polar surface area (TPSA) is 0 Å². The summed E-state index contributed by atoms with van der Waals surface area (Å²) >= 11 is 1.85. The maximum absolute atomic E-state index is 14.0. The van der Waals surface area contributed by atoms with E-state index in [0.717, 1.165) is 36.5 Å². The third-order valence-electron chi connectivity index (χ3n) is 7.57. The summed E-state index contributed by atoms with van der Waals surface area (Å²) < 4.78 is 28.0. The Kier molecular flexibility index (Phi) is 9.05. The highest BCUT2D eigenvalue weighted by Crippen LogP contribution is 2.43. The summed E-state index contributed by atoms with van der Waals surface area (Å²) in [5.74, 6) is 2.56. The number of benzene rings is 1. The zero-order chi connectivity index (χ0) is 19.9. The Labute approximate surface area is 184 Å². The molecule has 0 amide bonds. The van der Waals surface area contributed by atoms with Crippen LogP contribution in [-0.4, -0.2) is 0 Å². The number of aryl methyl sites for hydroxylation is 1. The first-order chi connectivity index (χ1) is 13.6. The van der Waals surface area contributed by atoms with Gasteiger partial charge in [-0.2, -0.15) is 0 Å². The molecule has 158 valence electrons. The van der Waals surface area contributed by atoms with E-state index < -0.39 is 11.6 Å². The first kappa shape index (κ1) is 22.5. The Morgan fingerprint density at radius 2 is 1.36 bits per heavy atom. The summed E-state index contributed by atoms with van der Waals surface area (Å²) in [5.41, 5.74) is 0.542. The zero-order valence-electron chi connectivity index (χ0n) is 17.5. The first-order valence-corrected chi connectivity index (χ1v) is 12.8. The fourth-order valence-corrected chi connectivity index (χ4v) is 6.23. The van der Waals surface area contributed by atoms with E-state index in [1.165, 1.54) is 70.6 Å². The van der Waals surface area contributed by atoms with Crippen molar-refractivity contribution in [2.24, 2.45) is 23.7 Å². The Morgan fingerprint density at radius 3 is 1.93 bits per heavy atom. The van der Waals surface area contributed by atoms with Gasteiger partial charge in [0.2, 0.25) is 0 Å². The molecule has 2 saturated carbocycles.